The van der Waals surface area contributed by atoms with Crippen molar-refractivity contribution >= 4 is 11.7 Å². The summed E-state index contributed by atoms with van der Waals surface area (Å²) in [7, 11) is 0. The van der Waals surface area contributed by atoms with Crippen LogP contribution in [0, 0.1) is 13.8 Å². The molecule has 2 heterocycles. The molecule has 0 spiro atoms. The van der Waals surface area contributed by atoms with Gasteiger partial charge in [0.1, 0.15) is 24.9 Å². The Morgan fingerprint density at radius 2 is 2.00 bits per heavy atom. The minimum atomic E-state index is -4.42. The molecule has 1 N–H and O–H groups in total. The number of aryl methyl sites for hydroxylation is 2. The van der Waals surface area contributed by atoms with Crippen molar-refractivity contribution in [2.45, 2.75) is 38.9 Å². The summed E-state index contributed by atoms with van der Waals surface area (Å²) < 4.78 is 40.2. The van der Waals surface area contributed by atoms with Gasteiger partial charge in [-0.15, -0.1) is 0 Å². The third-order valence-electron chi connectivity index (χ3n) is 3.64. The van der Waals surface area contributed by atoms with E-state index in [1.165, 1.54) is 0 Å². The molecule has 1 amide bonds. The molecule has 1 aromatic rings. The molecule has 0 aliphatic carbocycles. The van der Waals surface area contributed by atoms with Crippen LogP contribution in [0.25, 0.3) is 0 Å². The maximum absolute atomic E-state index is 12.0. The lowest BCUT2D eigenvalue weighted by Crippen LogP contribution is -2.46. The lowest BCUT2D eigenvalue weighted by Gasteiger charge is -2.33. The molecule has 1 aliphatic rings. The molecule has 1 fully saturated rings. The summed E-state index contributed by atoms with van der Waals surface area (Å²) >= 11 is 0. The Balaban J connectivity index is 1.75. The number of amides is 1. The number of ether oxygens (including phenoxy) is 1. The van der Waals surface area contributed by atoms with E-state index < -0.39 is 25.3 Å². The zero-order valence-electron chi connectivity index (χ0n) is 13.7. The van der Waals surface area contributed by atoms with Gasteiger partial charge in [-0.2, -0.15) is 13.2 Å². The van der Waals surface area contributed by atoms with Crippen molar-refractivity contribution in [3.63, 3.8) is 0 Å². The van der Waals surface area contributed by atoms with Crippen molar-refractivity contribution in [2.24, 2.45) is 0 Å². The molecule has 0 radical (unpaired) electrons. The third kappa shape index (κ3) is 5.95. The van der Waals surface area contributed by atoms with Crippen LogP contribution in [-0.2, 0) is 9.53 Å². The fourth-order valence-electron chi connectivity index (χ4n) is 2.64. The van der Waals surface area contributed by atoms with Gasteiger partial charge in [0.05, 0.1) is 0 Å². The minimum Gasteiger partial charge on any atom is -0.362 e. The highest BCUT2D eigenvalue weighted by Gasteiger charge is 2.28. The molecule has 2 rings (SSSR count). The number of alkyl halides is 3. The van der Waals surface area contributed by atoms with E-state index in [4.69, 9.17) is 0 Å². The van der Waals surface area contributed by atoms with Crippen molar-refractivity contribution in [1.29, 1.82) is 0 Å². The number of rotatable bonds is 5. The molecular formula is C15H21F3N4O2. The number of piperidine rings is 1. The zero-order valence-corrected chi connectivity index (χ0v) is 13.7. The number of hydrogen-bond acceptors (Lipinski definition) is 5. The molecule has 0 aromatic carbocycles. The molecule has 1 aromatic heterocycles. The summed E-state index contributed by atoms with van der Waals surface area (Å²) in [5, 5.41) is 2.71. The number of halogens is 3. The van der Waals surface area contributed by atoms with Crippen LogP contribution in [0.4, 0.5) is 19.0 Å². The smallest absolute Gasteiger partial charge is 0.362 e. The fourth-order valence-corrected chi connectivity index (χ4v) is 2.64. The first-order chi connectivity index (χ1) is 11.2. The molecule has 0 atom stereocenters. The molecule has 0 unspecified atom stereocenters. The molecule has 0 saturated carbocycles. The number of nitrogens with one attached hydrogen (secondary N) is 1. The van der Waals surface area contributed by atoms with Crippen LogP contribution in [0.2, 0.25) is 0 Å². The highest BCUT2D eigenvalue weighted by Crippen LogP contribution is 2.19. The minimum absolute atomic E-state index is 0.0627. The number of carbonyl (C=O) groups is 1. The van der Waals surface area contributed by atoms with Crippen LogP contribution in [0.15, 0.2) is 6.07 Å². The average Bonchev–Trinajstić information content (AvgIpc) is 2.45. The maximum Gasteiger partial charge on any atom is 0.411 e. The largest absolute Gasteiger partial charge is 0.411 e. The first-order valence-electron chi connectivity index (χ1n) is 7.74. The Bertz CT molecular complexity index is 552. The molecule has 24 heavy (non-hydrogen) atoms. The van der Waals surface area contributed by atoms with Crippen molar-refractivity contribution in [2.75, 3.05) is 31.2 Å². The van der Waals surface area contributed by atoms with Crippen molar-refractivity contribution in [3.05, 3.63) is 17.6 Å². The standard InChI is InChI=1S/C15H21F3N4O2/c1-10-7-13(20-11(2)19-10)22-5-3-12(4-6-22)21-14(23)8-24-9-15(16,17)18/h7,12H,3-6,8-9H2,1-2H3,(H,21,23). The Hall–Kier alpha value is -1.90. The molecular weight excluding hydrogens is 325 g/mol. The van der Waals surface area contributed by atoms with Gasteiger partial charge >= 0.3 is 6.18 Å². The van der Waals surface area contributed by atoms with Crippen LogP contribution in [0.3, 0.4) is 0 Å². The lowest BCUT2D eigenvalue weighted by molar-refractivity contribution is -0.175. The van der Waals surface area contributed by atoms with Crippen LogP contribution in [0.1, 0.15) is 24.4 Å². The predicted molar refractivity (Wildman–Crippen MR) is 81.8 cm³/mol. The molecule has 9 heteroatoms. The fraction of sp³-hybridized carbons (Fsp3) is 0.667. The average molecular weight is 346 g/mol. The first-order valence-corrected chi connectivity index (χ1v) is 7.74. The second-order valence-corrected chi connectivity index (χ2v) is 5.85. The lowest BCUT2D eigenvalue weighted by atomic mass is 10.0. The van der Waals surface area contributed by atoms with Gasteiger partial charge in [-0.1, -0.05) is 0 Å². The Morgan fingerprint density at radius 3 is 2.58 bits per heavy atom. The zero-order chi connectivity index (χ0) is 17.7. The molecule has 0 bridgehead atoms. The van der Waals surface area contributed by atoms with Gasteiger partial charge < -0.3 is 15.0 Å². The summed E-state index contributed by atoms with van der Waals surface area (Å²) in [5.74, 6) is 1.05. The van der Waals surface area contributed by atoms with Crippen LogP contribution in [0.5, 0.6) is 0 Å². The summed E-state index contributed by atoms with van der Waals surface area (Å²) in [4.78, 5) is 22.4. The highest BCUT2D eigenvalue weighted by atomic mass is 19.4. The monoisotopic (exact) mass is 346 g/mol. The van der Waals surface area contributed by atoms with E-state index in [0.717, 1.165) is 11.5 Å². The first kappa shape index (κ1) is 18.4. The number of anilines is 1. The van der Waals surface area contributed by atoms with E-state index in [1.807, 2.05) is 19.9 Å². The van der Waals surface area contributed by atoms with Gasteiger partial charge in [-0.3, -0.25) is 4.79 Å². The Kier molecular flexibility index (Phi) is 5.98. The highest BCUT2D eigenvalue weighted by molar-refractivity contribution is 5.77. The van der Waals surface area contributed by atoms with Gasteiger partial charge in [-0.05, 0) is 26.7 Å². The van der Waals surface area contributed by atoms with E-state index >= 15 is 0 Å². The van der Waals surface area contributed by atoms with E-state index in [-0.39, 0.29) is 6.04 Å². The van der Waals surface area contributed by atoms with E-state index in [0.29, 0.717) is 31.8 Å². The Morgan fingerprint density at radius 1 is 1.33 bits per heavy atom. The van der Waals surface area contributed by atoms with Crippen molar-refractivity contribution in [3.8, 4) is 0 Å². The van der Waals surface area contributed by atoms with E-state index in [9.17, 15) is 18.0 Å². The number of nitrogens with zero attached hydrogens (tertiary/aromatic N) is 3. The maximum atomic E-state index is 12.0. The summed E-state index contributed by atoms with van der Waals surface area (Å²) in [6.45, 7) is 3.18. The quantitative estimate of drug-likeness (QED) is 0.880. The van der Waals surface area contributed by atoms with Gasteiger partial charge in [-0.25, -0.2) is 9.97 Å². The predicted octanol–water partition coefficient (Wildman–Crippen LogP) is 1.76. The second-order valence-electron chi connectivity index (χ2n) is 5.85. The molecule has 134 valence electrons. The summed E-state index contributed by atoms with van der Waals surface area (Å²) in [6, 6.07) is 1.85. The molecule has 1 saturated heterocycles. The van der Waals surface area contributed by atoms with Gasteiger partial charge in [0.25, 0.3) is 0 Å². The normalized spacial score (nSPS) is 16.3. The number of carbonyl (C=O) groups excluding carboxylic acids is 1. The second kappa shape index (κ2) is 7.78. The van der Waals surface area contributed by atoms with Gasteiger partial charge in [0.2, 0.25) is 5.91 Å². The number of aromatic nitrogens is 2. The van der Waals surface area contributed by atoms with Crippen LogP contribution >= 0.6 is 0 Å². The summed E-state index contributed by atoms with van der Waals surface area (Å²) in [5.41, 5.74) is 0.898. The Labute approximate surface area is 138 Å². The van der Waals surface area contributed by atoms with E-state index in [2.05, 4.69) is 24.9 Å². The van der Waals surface area contributed by atoms with E-state index in [1.54, 1.807) is 0 Å². The third-order valence-corrected chi connectivity index (χ3v) is 3.64. The van der Waals surface area contributed by atoms with Gasteiger partial charge in [0.15, 0.2) is 0 Å². The van der Waals surface area contributed by atoms with Crippen molar-refractivity contribution < 1.29 is 22.7 Å². The number of hydrogen-bond donors (Lipinski definition) is 1. The van der Waals surface area contributed by atoms with Crippen LogP contribution in [-0.4, -0.2) is 54.4 Å². The SMILES string of the molecule is Cc1cc(N2CCC(NC(=O)COCC(F)(F)F)CC2)nc(C)n1. The van der Waals surface area contributed by atoms with Crippen LogP contribution < -0.4 is 10.2 Å². The molecule has 6 nitrogen and oxygen atoms in total. The topological polar surface area (TPSA) is 67.4 Å². The van der Waals surface area contributed by atoms with Gasteiger partial charge in [0, 0.05) is 30.9 Å². The molecule has 1 aliphatic heterocycles. The van der Waals surface area contributed by atoms with Crippen molar-refractivity contribution in [1.82, 2.24) is 15.3 Å². The summed E-state index contributed by atoms with van der Waals surface area (Å²) in [6.07, 6.45) is -3.01.